The molecule has 1 unspecified atom stereocenters. The molecule has 10 heteroatoms. The molecule has 0 saturated carbocycles. The highest BCUT2D eigenvalue weighted by atomic mass is 32.2. The van der Waals surface area contributed by atoms with Gasteiger partial charge >= 0.3 is 0 Å². The summed E-state index contributed by atoms with van der Waals surface area (Å²) in [7, 11) is -0.0840. The van der Waals surface area contributed by atoms with Crippen molar-refractivity contribution in [2.45, 2.75) is 32.2 Å². The van der Waals surface area contributed by atoms with Crippen LogP contribution in [0.3, 0.4) is 0 Å². The minimum absolute atomic E-state index is 0.134. The van der Waals surface area contributed by atoms with Crippen LogP contribution in [-0.4, -0.2) is 64.0 Å². The number of ether oxygens (including phenoxy) is 2. The van der Waals surface area contributed by atoms with Crippen LogP contribution in [0.1, 0.15) is 26.2 Å². The number of methoxy groups -OCH3 is 2. The molecule has 1 aliphatic heterocycles. The lowest BCUT2D eigenvalue weighted by Crippen LogP contribution is -2.40. The second-order valence-corrected chi connectivity index (χ2v) is 9.59. The van der Waals surface area contributed by atoms with Gasteiger partial charge in [0.05, 0.1) is 25.5 Å². The van der Waals surface area contributed by atoms with Gasteiger partial charge in [-0.2, -0.15) is 0 Å². The summed E-state index contributed by atoms with van der Waals surface area (Å²) in [5.41, 5.74) is 6.30. The van der Waals surface area contributed by atoms with E-state index in [4.69, 9.17) is 15.2 Å². The van der Waals surface area contributed by atoms with Gasteiger partial charge in [-0.3, -0.25) is 0 Å². The zero-order valence-corrected chi connectivity index (χ0v) is 18.6. The molecule has 3 N–H and O–H groups in total. The molecule has 1 saturated heterocycles. The Morgan fingerprint density at radius 2 is 1.87 bits per heavy atom. The summed E-state index contributed by atoms with van der Waals surface area (Å²) in [5, 5.41) is 0.913. The molecule has 1 aliphatic rings. The van der Waals surface area contributed by atoms with E-state index in [0.717, 1.165) is 42.7 Å². The fourth-order valence-electron chi connectivity index (χ4n) is 3.79. The standard InChI is InChI=1S/C20H31N5O4S/c1-14(12-21)24-30(26,27)9-6-15-4-7-25(8-5-15)20-16-10-18(28-2)19(29-3)11-17(16)22-13-23-20/h10-11,13-15,24H,4-9,12,21H2,1-3H3. The number of hydrogen-bond acceptors (Lipinski definition) is 8. The molecule has 9 nitrogen and oxygen atoms in total. The third kappa shape index (κ3) is 5.30. The highest BCUT2D eigenvalue weighted by Crippen LogP contribution is 2.36. The first kappa shape index (κ1) is 22.5. The summed E-state index contributed by atoms with van der Waals surface area (Å²) < 4.78 is 37.8. The molecule has 0 spiro atoms. The van der Waals surface area contributed by atoms with Gasteiger partial charge in [-0.25, -0.2) is 23.1 Å². The van der Waals surface area contributed by atoms with Crippen molar-refractivity contribution in [2.24, 2.45) is 11.7 Å². The van der Waals surface area contributed by atoms with Crippen LogP contribution in [0.2, 0.25) is 0 Å². The first-order valence-electron chi connectivity index (χ1n) is 10.2. The van der Waals surface area contributed by atoms with E-state index in [-0.39, 0.29) is 11.8 Å². The Hall–Kier alpha value is -2.17. The van der Waals surface area contributed by atoms with Crippen molar-refractivity contribution >= 4 is 26.7 Å². The van der Waals surface area contributed by atoms with E-state index in [1.165, 1.54) is 0 Å². The second-order valence-electron chi connectivity index (χ2n) is 7.71. The van der Waals surface area contributed by atoms with Crippen molar-refractivity contribution < 1.29 is 17.9 Å². The molecular weight excluding hydrogens is 406 g/mol. The number of rotatable bonds is 9. The van der Waals surface area contributed by atoms with Crippen LogP contribution >= 0.6 is 0 Å². The number of piperidine rings is 1. The van der Waals surface area contributed by atoms with Gasteiger partial charge in [0.1, 0.15) is 12.1 Å². The number of benzene rings is 1. The molecule has 1 atom stereocenters. The van der Waals surface area contributed by atoms with E-state index in [1.807, 2.05) is 12.1 Å². The van der Waals surface area contributed by atoms with Crippen LogP contribution in [0.15, 0.2) is 18.5 Å². The number of nitrogens with zero attached hydrogens (tertiary/aromatic N) is 3. The smallest absolute Gasteiger partial charge is 0.211 e. The summed E-state index contributed by atoms with van der Waals surface area (Å²) in [5.74, 6) is 2.64. The average molecular weight is 438 g/mol. The molecule has 1 fully saturated rings. The fraction of sp³-hybridized carbons (Fsp3) is 0.600. The zero-order valence-electron chi connectivity index (χ0n) is 17.8. The van der Waals surface area contributed by atoms with Crippen molar-refractivity contribution in [3.05, 3.63) is 18.5 Å². The summed E-state index contributed by atoms with van der Waals surface area (Å²) >= 11 is 0. The molecule has 2 aromatic rings. The Labute approximate surface area is 178 Å². The third-order valence-corrected chi connectivity index (χ3v) is 7.10. The Morgan fingerprint density at radius 1 is 1.20 bits per heavy atom. The number of aromatic nitrogens is 2. The van der Waals surface area contributed by atoms with Gasteiger partial charge in [0.25, 0.3) is 0 Å². The average Bonchev–Trinajstić information content (AvgIpc) is 2.76. The maximum atomic E-state index is 12.2. The number of fused-ring (bicyclic) bond motifs is 1. The first-order valence-corrected chi connectivity index (χ1v) is 11.8. The lowest BCUT2D eigenvalue weighted by atomic mass is 9.94. The number of nitrogens with one attached hydrogen (secondary N) is 1. The van der Waals surface area contributed by atoms with Gasteiger partial charge in [-0.1, -0.05) is 0 Å². The van der Waals surface area contributed by atoms with Crippen LogP contribution in [0.25, 0.3) is 10.9 Å². The van der Waals surface area contributed by atoms with Gasteiger partial charge in [-0.05, 0) is 38.2 Å². The monoisotopic (exact) mass is 437 g/mol. The van der Waals surface area contributed by atoms with E-state index >= 15 is 0 Å². The molecule has 0 aliphatic carbocycles. The summed E-state index contributed by atoms with van der Waals surface area (Å²) in [4.78, 5) is 11.1. The minimum atomic E-state index is -3.29. The summed E-state index contributed by atoms with van der Waals surface area (Å²) in [6.45, 7) is 3.70. The van der Waals surface area contributed by atoms with Gasteiger partial charge in [0.2, 0.25) is 10.0 Å². The van der Waals surface area contributed by atoms with Crippen molar-refractivity contribution in [3.8, 4) is 11.5 Å². The summed E-state index contributed by atoms with van der Waals surface area (Å²) in [6.07, 6.45) is 4.05. The van der Waals surface area contributed by atoms with E-state index < -0.39 is 10.0 Å². The molecule has 2 heterocycles. The lowest BCUT2D eigenvalue weighted by molar-refractivity contribution is 0.355. The number of nitrogens with two attached hydrogens (primary N) is 1. The molecule has 3 rings (SSSR count). The van der Waals surface area contributed by atoms with Crippen LogP contribution in [-0.2, 0) is 10.0 Å². The van der Waals surface area contributed by atoms with E-state index in [1.54, 1.807) is 27.5 Å². The summed E-state index contributed by atoms with van der Waals surface area (Å²) in [6, 6.07) is 3.53. The Bertz CT molecular complexity index is 961. The highest BCUT2D eigenvalue weighted by molar-refractivity contribution is 7.89. The molecule has 0 bridgehead atoms. The molecule has 0 amide bonds. The van der Waals surface area contributed by atoms with Gasteiger partial charge < -0.3 is 20.1 Å². The highest BCUT2D eigenvalue weighted by Gasteiger charge is 2.24. The van der Waals surface area contributed by atoms with Crippen LogP contribution < -0.4 is 24.8 Å². The van der Waals surface area contributed by atoms with Crippen molar-refractivity contribution in [1.82, 2.24) is 14.7 Å². The van der Waals surface area contributed by atoms with E-state index in [9.17, 15) is 8.42 Å². The topological polar surface area (TPSA) is 120 Å². The fourth-order valence-corrected chi connectivity index (χ4v) is 5.26. The SMILES string of the molecule is COc1cc2ncnc(N3CCC(CCS(=O)(=O)NC(C)CN)CC3)c2cc1OC. The predicted molar refractivity (Wildman–Crippen MR) is 118 cm³/mol. The number of anilines is 1. The molecule has 30 heavy (non-hydrogen) atoms. The normalized spacial score (nSPS) is 16.6. The molecule has 166 valence electrons. The third-order valence-electron chi connectivity index (χ3n) is 5.56. The van der Waals surface area contributed by atoms with E-state index in [0.29, 0.717) is 30.4 Å². The van der Waals surface area contributed by atoms with Crippen LogP contribution in [0.5, 0.6) is 11.5 Å². The predicted octanol–water partition coefficient (Wildman–Crippen LogP) is 1.52. The van der Waals surface area contributed by atoms with Crippen LogP contribution in [0, 0.1) is 5.92 Å². The maximum Gasteiger partial charge on any atom is 0.211 e. The lowest BCUT2D eigenvalue weighted by Gasteiger charge is -2.33. The number of sulfonamides is 1. The van der Waals surface area contributed by atoms with Crippen molar-refractivity contribution in [3.63, 3.8) is 0 Å². The number of hydrogen-bond donors (Lipinski definition) is 2. The molecule has 1 aromatic heterocycles. The minimum Gasteiger partial charge on any atom is -0.493 e. The maximum absolute atomic E-state index is 12.2. The molecule has 1 aromatic carbocycles. The van der Waals surface area contributed by atoms with E-state index in [2.05, 4.69) is 19.6 Å². The van der Waals surface area contributed by atoms with Gasteiger partial charge in [0.15, 0.2) is 11.5 Å². The van der Waals surface area contributed by atoms with Crippen LogP contribution in [0.4, 0.5) is 5.82 Å². The van der Waals surface area contributed by atoms with Gasteiger partial charge in [0, 0.05) is 37.1 Å². The van der Waals surface area contributed by atoms with Crippen molar-refractivity contribution in [1.29, 1.82) is 0 Å². The Morgan fingerprint density at radius 3 is 2.50 bits per heavy atom. The van der Waals surface area contributed by atoms with Crippen molar-refractivity contribution in [2.75, 3.05) is 44.5 Å². The zero-order chi connectivity index (χ0) is 21.7. The Balaban J connectivity index is 1.66. The second kappa shape index (κ2) is 9.76. The van der Waals surface area contributed by atoms with Gasteiger partial charge in [-0.15, -0.1) is 0 Å². The quantitative estimate of drug-likeness (QED) is 0.606. The Kier molecular flexibility index (Phi) is 7.32. The first-order chi connectivity index (χ1) is 14.4. The molecule has 0 radical (unpaired) electrons. The largest absolute Gasteiger partial charge is 0.493 e. The molecular formula is C20H31N5O4S.